The van der Waals surface area contributed by atoms with Crippen LogP contribution in [0.2, 0.25) is 5.02 Å². The third-order valence-electron chi connectivity index (χ3n) is 6.32. The molecule has 1 aliphatic rings. The third-order valence-corrected chi connectivity index (χ3v) is 6.56. The summed E-state index contributed by atoms with van der Waals surface area (Å²) in [5.41, 5.74) is 3.55. The molecule has 0 unspecified atom stereocenters. The zero-order chi connectivity index (χ0) is 24.9. The summed E-state index contributed by atoms with van der Waals surface area (Å²) in [5, 5.41) is 0.542. The van der Waals surface area contributed by atoms with Gasteiger partial charge in [0.1, 0.15) is 23.6 Å². The number of nitrogens with zero attached hydrogens (tertiary/aromatic N) is 5. The first-order valence-electron chi connectivity index (χ1n) is 11.4. The van der Waals surface area contributed by atoms with Gasteiger partial charge in [0, 0.05) is 48.2 Å². The largest absolute Gasteiger partial charge is 0.370 e. The molecule has 0 N–H and O–H groups in total. The Morgan fingerprint density at radius 3 is 2.51 bits per heavy atom. The standard InChI is InChI=1S/C26H25ClFN5O2/c1-14-9-17(10-15(2)29-14)22-13-33(7-8-35-22)23-12-21-24(26(34)32(4)16(3)30-21)25(31-23)19-6-5-18(27)11-20(19)28/h5-6,9-12,22H,7-8,13H2,1-4H3/t22-/m0/s1. The Kier molecular flexibility index (Phi) is 6.02. The first-order valence-corrected chi connectivity index (χ1v) is 11.7. The molecular weight excluding hydrogens is 469 g/mol. The molecule has 1 fully saturated rings. The van der Waals surface area contributed by atoms with E-state index in [1.165, 1.54) is 10.6 Å². The van der Waals surface area contributed by atoms with Crippen molar-refractivity contribution >= 4 is 28.3 Å². The molecule has 4 aromatic rings. The molecule has 35 heavy (non-hydrogen) atoms. The Morgan fingerprint density at radius 1 is 1.06 bits per heavy atom. The van der Waals surface area contributed by atoms with E-state index in [0.717, 1.165) is 17.0 Å². The first kappa shape index (κ1) is 23.4. The number of morpholine rings is 1. The summed E-state index contributed by atoms with van der Waals surface area (Å²) in [5.74, 6) is 0.622. The molecule has 0 aliphatic carbocycles. The van der Waals surface area contributed by atoms with E-state index in [-0.39, 0.29) is 33.3 Å². The Morgan fingerprint density at radius 2 is 1.80 bits per heavy atom. The molecule has 180 valence electrons. The van der Waals surface area contributed by atoms with Crippen molar-refractivity contribution in [3.05, 3.63) is 80.4 Å². The van der Waals surface area contributed by atoms with Crippen LogP contribution in [0.3, 0.4) is 0 Å². The molecule has 1 atom stereocenters. The fourth-order valence-corrected chi connectivity index (χ4v) is 4.69. The van der Waals surface area contributed by atoms with Gasteiger partial charge in [-0.2, -0.15) is 0 Å². The van der Waals surface area contributed by atoms with Crippen molar-refractivity contribution in [2.24, 2.45) is 7.05 Å². The second kappa shape index (κ2) is 9.02. The lowest BCUT2D eigenvalue weighted by atomic mass is 10.1. The lowest BCUT2D eigenvalue weighted by Gasteiger charge is -2.34. The summed E-state index contributed by atoms with van der Waals surface area (Å²) in [6.45, 7) is 7.34. The maximum Gasteiger partial charge on any atom is 0.263 e. The molecule has 3 aromatic heterocycles. The highest BCUT2D eigenvalue weighted by Crippen LogP contribution is 2.33. The van der Waals surface area contributed by atoms with Gasteiger partial charge in [0.05, 0.1) is 23.2 Å². The summed E-state index contributed by atoms with van der Waals surface area (Å²) in [6, 6.07) is 10.2. The van der Waals surface area contributed by atoms with Crippen molar-refractivity contribution in [2.45, 2.75) is 26.9 Å². The van der Waals surface area contributed by atoms with Crippen LogP contribution >= 0.6 is 11.6 Å². The van der Waals surface area contributed by atoms with Crippen molar-refractivity contribution in [3.8, 4) is 11.3 Å². The number of hydrogen-bond donors (Lipinski definition) is 0. The van der Waals surface area contributed by atoms with Crippen LogP contribution in [0.4, 0.5) is 10.2 Å². The quantitative estimate of drug-likeness (QED) is 0.412. The smallest absolute Gasteiger partial charge is 0.263 e. The maximum absolute atomic E-state index is 15.0. The summed E-state index contributed by atoms with van der Waals surface area (Å²) in [7, 11) is 1.64. The van der Waals surface area contributed by atoms with Crippen LogP contribution in [0.25, 0.3) is 22.2 Å². The van der Waals surface area contributed by atoms with Crippen LogP contribution < -0.4 is 10.5 Å². The van der Waals surface area contributed by atoms with E-state index in [9.17, 15) is 4.79 Å². The van der Waals surface area contributed by atoms with Gasteiger partial charge in [-0.3, -0.25) is 14.3 Å². The van der Waals surface area contributed by atoms with Crippen LogP contribution in [-0.2, 0) is 11.8 Å². The van der Waals surface area contributed by atoms with Crippen LogP contribution in [0, 0.1) is 26.6 Å². The van der Waals surface area contributed by atoms with E-state index in [4.69, 9.17) is 21.3 Å². The topological polar surface area (TPSA) is 73.1 Å². The fraction of sp³-hybridized carbons (Fsp3) is 0.308. The fourth-order valence-electron chi connectivity index (χ4n) is 4.53. The maximum atomic E-state index is 15.0. The van der Waals surface area contributed by atoms with E-state index in [2.05, 4.69) is 14.9 Å². The van der Waals surface area contributed by atoms with E-state index < -0.39 is 5.82 Å². The Labute approximate surface area is 207 Å². The molecule has 7 nitrogen and oxygen atoms in total. The van der Waals surface area contributed by atoms with Crippen molar-refractivity contribution in [1.82, 2.24) is 19.5 Å². The summed E-state index contributed by atoms with van der Waals surface area (Å²) in [6.07, 6.45) is -0.171. The van der Waals surface area contributed by atoms with Gasteiger partial charge < -0.3 is 9.64 Å². The summed E-state index contributed by atoms with van der Waals surface area (Å²) >= 11 is 5.98. The molecule has 0 saturated carbocycles. The number of anilines is 1. The second-order valence-electron chi connectivity index (χ2n) is 8.86. The molecule has 0 spiro atoms. The van der Waals surface area contributed by atoms with Crippen LogP contribution in [0.15, 0.2) is 41.2 Å². The lowest BCUT2D eigenvalue weighted by Crippen LogP contribution is -2.39. The van der Waals surface area contributed by atoms with Crippen LogP contribution in [0.1, 0.15) is 28.9 Å². The Bertz CT molecular complexity index is 1500. The number of pyridine rings is 2. The van der Waals surface area contributed by atoms with E-state index in [1.54, 1.807) is 32.2 Å². The van der Waals surface area contributed by atoms with Gasteiger partial charge in [0.2, 0.25) is 0 Å². The minimum Gasteiger partial charge on any atom is -0.370 e. The highest BCUT2D eigenvalue weighted by atomic mass is 35.5. The number of benzene rings is 1. The average Bonchev–Trinajstić information content (AvgIpc) is 2.81. The van der Waals surface area contributed by atoms with Crippen molar-refractivity contribution < 1.29 is 9.13 Å². The highest BCUT2D eigenvalue weighted by molar-refractivity contribution is 6.30. The van der Waals surface area contributed by atoms with Crippen molar-refractivity contribution in [2.75, 3.05) is 24.6 Å². The number of hydrogen-bond acceptors (Lipinski definition) is 6. The summed E-state index contributed by atoms with van der Waals surface area (Å²) in [4.78, 5) is 29.2. The van der Waals surface area contributed by atoms with Crippen molar-refractivity contribution in [1.29, 1.82) is 0 Å². The summed E-state index contributed by atoms with van der Waals surface area (Å²) < 4.78 is 22.5. The predicted molar refractivity (Wildman–Crippen MR) is 135 cm³/mol. The average molecular weight is 494 g/mol. The monoisotopic (exact) mass is 493 g/mol. The van der Waals surface area contributed by atoms with Gasteiger partial charge in [-0.15, -0.1) is 0 Å². The molecule has 0 radical (unpaired) electrons. The normalized spacial score (nSPS) is 16.2. The molecule has 5 rings (SSSR count). The number of fused-ring (bicyclic) bond motifs is 1. The van der Waals surface area contributed by atoms with Gasteiger partial charge in [-0.05, 0) is 56.7 Å². The number of rotatable bonds is 3. The molecule has 1 aliphatic heterocycles. The SMILES string of the molecule is Cc1cc([C@@H]2CN(c3cc4nc(C)n(C)c(=O)c4c(-c4ccc(Cl)cc4F)n3)CCO2)cc(C)n1. The number of aromatic nitrogens is 4. The second-order valence-corrected chi connectivity index (χ2v) is 9.30. The zero-order valence-corrected chi connectivity index (χ0v) is 20.7. The van der Waals surface area contributed by atoms with E-state index in [0.29, 0.717) is 36.9 Å². The van der Waals surface area contributed by atoms with E-state index in [1.807, 2.05) is 26.0 Å². The Hall–Kier alpha value is -3.36. The minimum atomic E-state index is -0.548. The third kappa shape index (κ3) is 4.39. The Balaban J connectivity index is 1.65. The molecule has 9 heteroatoms. The molecule has 1 saturated heterocycles. The first-order chi connectivity index (χ1) is 16.7. The molecule has 0 bridgehead atoms. The molecule has 4 heterocycles. The van der Waals surface area contributed by atoms with Gasteiger partial charge in [-0.1, -0.05) is 11.6 Å². The molecule has 1 aromatic carbocycles. The van der Waals surface area contributed by atoms with Gasteiger partial charge in [0.15, 0.2) is 0 Å². The van der Waals surface area contributed by atoms with Crippen LogP contribution in [0.5, 0.6) is 0 Å². The number of halogens is 2. The van der Waals surface area contributed by atoms with Gasteiger partial charge in [0.25, 0.3) is 5.56 Å². The lowest BCUT2D eigenvalue weighted by molar-refractivity contribution is 0.0394. The predicted octanol–water partition coefficient (Wildman–Crippen LogP) is 4.69. The zero-order valence-electron chi connectivity index (χ0n) is 20.0. The van der Waals surface area contributed by atoms with Crippen molar-refractivity contribution in [3.63, 3.8) is 0 Å². The van der Waals surface area contributed by atoms with Crippen LogP contribution in [-0.4, -0.2) is 39.2 Å². The van der Waals surface area contributed by atoms with Gasteiger partial charge >= 0.3 is 0 Å². The molecular formula is C26H25ClFN5O2. The van der Waals surface area contributed by atoms with E-state index >= 15 is 4.39 Å². The number of aryl methyl sites for hydroxylation is 3. The van der Waals surface area contributed by atoms with Gasteiger partial charge in [-0.25, -0.2) is 14.4 Å². The number of ether oxygens (including phenoxy) is 1. The molecule has 0 amide bonds. The highest BCUT2D eigenvalue weighted by Gasteiger charge is 2.26. The minimum absolute atomic E-state index is 0.171.